The van der Waals surface area contributed by atoms with Crippen molar-refractivity contribution in [1.82, 2.24) is 14.8 Å². The van der Waals surface area contributed by atoms with Crippen LogP contribution in [0.5, 0.6) is 5.75 Å². The van der Waals surface area contributed by atoms with Gasteiger partial charge in [0.1, 0.15) is 11.6 Å². The summed E-state index contributed by atoms with van der Waals surface area (Å²) < 4.78 is 19.4. The predicted molar refractivity (Wildman–Crippen MR) is 99.5 cm³/mol. The van der Waals surface area contributed by atoms with Crippen molar-refractivity contribution < 1.29 is 13.9 Å². The fraction of sp³-hybridized carbons (Fsp3) is 0.429. The molecule has 5 nitrogen and oxygen atoms in total. The number of carbonyl (C=O) groups is 1. The normalized spacial score (nSPS) is 22.7. The summed E-state index contributed by atoms with van der Waals surface area (Å²) in [6.07, 6.45) is 3.64. The Kier molecular flexibility index (Phi) is 5.07. The lowest BCUT2D eigenvalue weighted by atomic mass is 9.85. The van der Waals surface area contributed by atoms with Gasteiger partial charge >= 0.3 is 0 Å². The minimum atomic E-state index is -0.287. The van der Waals surface area contributed by atoms with E-state index in [9.17, 15) is 9.18 Å². The third kappa shape index (κ3) is 3.81. The van der Waals surface area contributed by atoms with Crippen LogP contribution in [0.3, 0.4) is 0 Å². The van der Waals surface area contributed by atoms with E-state index in [0.717, 1.165) is 31.6 Å². The number of methoxy groups -OCH3 is 1. The van der Waals surface area contributed by atoms with Gasteiger partial charge in [-0.2, -0.15) is 0 Å². The predicted octanol–water partition coefficient (Wildman–Crippen LogP) is 2.85. The lowest BCUT2D eigenvalue weighted by Crippen LogP contribution is -2.58. The number of nitrogens with zero attached hydrogens (tertiary/aromatic N) is 3. The van der Waals surface area contributed by atoms with Gasteiger partial charge in [0, 0.05) is 30.9 Å². The van der Waals surface area contributed by atoms with E-state index in [4.69, 9.17) is 4.74 Å². The number of halogens is 1. The number of rotatable bonds is 5. The first-order valence-corrected chi connectivity index (χ1v) is 9.39. The number of piperidine rings is 2. The first-order chi connectivity index (χ1) is 13.1. The molecule has 0 N–H and O–H groups in total. The highest BCUT2D eigenvalue weighted by Gasteiger charge is 2.41. The standard InChI is InChI=1S/C21H24FN3O2/c1-27-18-6-5-16(19(22)11-18)13-24-9-7-15-10-20(24)21(26)25(12-15)14-17-4-2-3-8-23-17/h2-6,8,11,15,20H,7,9-10,12-14H2,1H3/t15-,20+/m0/s1. The van der Waals surface area contributed by atoms with Crippen LogP contribution in [0.15, 0.2) is 42.6 Å². The lowest BCUT2D eigenvalue weighted by molar-refractivity contribution is -0.146. The Balaban J connectivity index is 1.49. The summed E-state index contributed by atoms with van der Waals surface area (Å²) in [7, 11) is 1.52. The van der Waals surface area contributed by atoms with Crippen molar-refractivity contribution in [2.24, 2.45) is 5.92 Å². The Morgan fingerprint density at radius 1 is 1.26 bits per heavy atom. The van der Waals surface area contributed by atoms with E-state index < -0.39 is 0 Å². The van der Waals surface area contributed by atoms with E-state index in [1.54, 1.807) is 18.3 Å². The number of ether oxygens (including phenoxy) is 1. The molecule has 142 valence electrons. The molecule has 0 aliphatic carbocycles. The topological polar surface area (TPSA) is 45.7 Å². The summed E-state index contributed by atoms with van der Waals surface area (Å²) in [5, 5.41) is 0. The molecule has 1 amide bonds. The van der Waals surface area contributed by atoms with Crippen LogP contribution in [0.2, 0.25) is 0 Å². The van der Waals surface area contributed by atoms with Gasteiger partial charge < -0.3 is 9.64 Å². The van der Waals surface area contributed by atoms with Gasteiger partial charge in [-0.1, -0.05) is 12.1 Å². The summed E-state index contributed by atoms with van der Waals surface area (Å²) in [5.41, 5.74) is 1.50. The van der Waals surface area contributed by atoms with Gasteiger partial charge in [0.15, 0.2) is 0 Å². The maximum atomic E-state index is 14.4. The molecule has 4 rings (SSSR count). The Hall–Kier alpha value is -2.47. The van der Waals surface area contributed by atoms with Crippen LogP contribution in [0.25, 0.3) is 0 Å². The Labute approximate surface area is 158 Å². The van der Waals surface area contributed by atoms with Crippen molar-refractivity contribution in [3.63, 3.8) is 0 Å². The first-order valence-electron chi connectivity index (χ1n) is 9.39. The minimum Gasteiger partial charge on any atom is -0.497 e. The number of benzene rings is 1. The number of carbonyl (C=O) groups excluding carboxylic acids is 1. The molecular weight excluding hydrogens is 345 g/mol. The zero-order valence-electron chi connectivity index (χ0n) is 15.5. The van der Waals surface area contributed by atoms with Crippen LogP contribution in [0.1, 0.15) is 24.1 Å². The molecule has 1 aromatic heterocycles. The summed E-state index contributed by atoms with van der Waals surface area (Å²) in [6, 6.07) is 10.5. The minimum absolute atomic E-state index is 0.130. The number of likely N-dealkylation sites (tertiary alicyclic amines) is 2. The second-order valence-electron chi connectivity index (χ2n) is 7.37. The summed E-state index contributed by atoms with van der Waals surface area (Å²) >= 11 is 0. The van der Waals surface area contributed by atoms with Gasteiger partial charge in [-0.15, -0.1) is 0 Å². The van der Waals surface area contributed by atoms with Gasteiger partial charge in [-0.3, -0.25) is 14.7 Å². The molecule has 1 aromatic carbocycles. The maximum Gasteiger partial charge on any atom is 0.240 e. The third-order valence-corrected chi connectivity index (χ3v) is 5.61. The zero-order chi connectivity index (χ0) is 18.8. The average molecular weight is 369 g/mol. The number of hydrogen-bond donors (Lipinski definition) is 0. The number of aromatic nitrogens is 1. The molecule has 0 radical (unpaired) electrons. The smallest absolute Gasteiger partial charge is 0.240 e. The quantitative estimate of drug-likeness (QED) is 0.813. The highest BCUT2D eigenvalue weighted by molar-refractivity contribution is 5.83. The summed E-state index contributed by atoms with van der Waals surface area (Å²) in [6.45, 7) is 2.59. The molecule has 2 aromatic rings. The third-order valence-electron chi connectivity index (χ3n) is 5.61. The molecule has 2 aliphatic heterocycles. The van der Waals surface area contributed by atoms with Crippen molar-refractivity contribution in [3.05, 3.63) is 59.7 Å². The van der Waals surface area contributed by atoms with Crippen LogP contribution < -0.4 is 4.74 Å². The summed E-state index contributed by atoms with van der Waals surface area (Å²) in [4.78, 5) is 21.4. The molecule has 2 aliphatic rings. The van der Waals surface area contributed by atoms with Crippen LogP contribution in [0, 0.1) is 11.7 Å². The van der Waals surface area contributed by atoms with Crippen LogP contribution in [0.4, 0.5) is 4.39 Å². The lowest BCUT2D eigenvalue weighted by Gasteiger charge is -2.46. The van der Waals surface area contributed by atoms with Crippen molar-refractivity contribution in [2.45, 2.75) is 32.0 Å². The van der Waals surface area contributed by atoms with Crippen LogP contribution >= 0.6 is 0 Å². The van der Waals surface area contributed by atoms with Gasteiger partial charge in [-0.25, -0.2) is 4.39 Å². The number of amides is 1. The number of pyridine rings is 1. The second-order valence-corrected chi connectivity index (χ2v) is 7.37. The van der Waals surface area contributed by atoms with Gasteiger partial charge in [-0.05, 0) is 43.5 Å². The van der Waals surface area contributed by atoms with E-state index in [2.05, 4.69) is 9.88 Å². The molecule has 0 unspecified atom stereocenters. The summed E-state index contributed by atoms with van der Waals surface area (Å²) in [5.74, 6) is 0.856. The van der Waals surface area contributed by atoms with E-state index in [1.165, 1.54) is 13.2 Å². The van der Waals surface area contributed by atoms with Crippen molar-refractivity contribution in [2.75, 3.05) is 20.2 Å². The zero-order valence-corrected chi connectivity index (χ0v) is 15.5. The fourth-order valence-corrected chi connectivity index (χ4v) is 4.14. The van der Waals surface area contributed by atoms with Gasteiger partial charge in [0.05, 0.1) is 25.4 Å². The molecule has 6 heteroatoms. The highest BCUT2D eigenvalue weighted by atomic mass is 19.1. The highest BCUT2D eigenvalue weighted by Crippen LogP contribution is 2.32. The molecule has 0 saturated carbocycles. The van der Waals surface area contributed by atoms with Crippen LogP contribution in [-0.2, 0) is 17.9 Å². The Morgan fingerprint density at radius 3 is 2.89 bits per heavy atom. The van der Waals surface area contributed by atoms with Crippen LogP contribution in [-0.4, -0.2) is 46.9 Å². The second kappa shape index (κ2) is 7.64. The Morgan fingerprint density at radius 2 is 2.15 bits per heavy atom. The van der Waals surface area contributed by atoms with Gasteiger partial charge in [0.25, 0.3) is 0 Å². The van der Waals surface area contributed by atoms with Crippen molar-refractivity contribution >= 4 is 5.91 Å². The van der Waals surface area contributed by atoms with E-state index in [1.807, 2.05) is 23.1 Å². The Bertz CT molecular complexity index is 814. The van der Waals surface area contributed by atoms with Crippen molar-refractivity contribution in [3.8, 4) is 5.75 Å². The molecule has 2 bridgehead atoms. The molecule has 2 atom stereocenters. The number of fused-ring (bicyclic) bond motifs is 2. The molecule has 2 saturated heterocycles. The monoisotopic (exact) mass is 369 g/mol. The SMILES string of the molecule is COc1ccc(CN2CC[C@H]3C[C@@H]2C(=O)N(Cc2ccccn2)C3)c(F)c1. The fourth-order valence-electron chi connectivity index (χ4n) is 4.14. The number of hydrogen-bond acceptors (Lipinski definition) is 4. The van der Waals surface area contributed by atoms with E-state index in [0.29, 0.717) is 30.3 Å². The van der Waals surface area contributed by atoms with Crippen molar-refractivity contribution in [1.29, 1.82) is 0 Å². The van der Waals surface area contributed by atoms with E-state index in [-0.39, 0.29) is 17.8 Å². The maximum absolute atomic E-state index is 14.4. The largest absolute Gasteiger partial charge is 0.497 e. The van der Waals surface area contributed by atoms with Gasteiger partial charge in [0.2, 0.25) is 5.91 Å². The molecule has 3 heterocycles. The molecule has 0 spiro atoms. The van der Waals surface area contributed by atoms with E-state index >= 15 is 0 Å². The first kappa shape index (κ1) is 17.9. The average Bonchev–Trinajstić information content (AvgIpc) is 2.69. The molecule has 27 heavy (non-hydrogen) atoms. The molecular formula is C21H24FN3O2. The molecule has 2 fully saturated rings.